The Labute approximate surface area is 180 Å². The van der Waals surface area contributed by atoms with Crippen LogP contribution >= 0.6 is 31.9 Å². The zero-order valence-electron chi connectivity index (χ0n) is 16.6. The molecule has 4 heteroatoms. The average Bonchev–Trinajstić information content (AvgIpc) is 2.83. The minimum absolute atomic E-state index is 0.421. The summed E-state index contributed by atoms with van der Waals surface area (Å²) >= 11 is 7.48. The molecule has 1 N–H and O–H groups in total. The molecule has 2 nitrogen and oxygen atoms in total. The van der Waals surface area contributed by atoms with Crippen LogP contribution in [0, 0.1) is 12.8 Å². The van der Waals surface area contributed by atoms with Gasteiger partial charge in [0.05, 0.1) is 5.69 Å². The van der Waals surface area contributed by atoms with Crippen LogP contribution in [0.4, 0.5) is 0 Å². The first-order chi connectivity index (χ1) is 13.1. The molecule has 2 aliphatic rings. The van der Waals surface area contributed by atoms with Crippen molar-refractivity contribution in [1.82, 2.24) is 10.3 Å². The van der Waals surface area contributed by atoms with Gasteiger partial charge in [0.25, 0.3) is 0 Å². The number of hydrogen-bond acceptors (Lipinski definition) is 2. The molecule has 1 aromatic heterocycles. The van der Waals surface area contributed by atoms with E-state index >= 15 is 0 Å². The van der Waals surface area contributed by atoms with Crippen LogP contribution in [-0.4, -0.2) is 18.1 Å². The summed E-state index contributed by atoms with van der Waals surface area (Å²) in [6.07, 6.45) is 7.84. The first-order valence-corrected chi connectivity index (χ1v) is 11.8. The third kappa shape index (κ3) is 4.65. The lowest BCUT2D eigenvalue weighted by Gasteiger charge is -2.32. The first-order valence-electron chi connectivity index (χ1n) is 10.2. The molecule has 2 aromatic rings. The zero-order valence-corrected chi connectivity index (χ0v) is 19.8. The second-order valence-corrected chi connectivity index (χ2v) is 9.44. The second-order valence-electron chi connectivity index (χ2n) is 7.73. The monoisotopic (exact) mass is 492 g/mol. The van der Waals surface area contributed by atoms with Crippen molar-refractivity contribution in [3.05, 3.63) is 61.3 Å². The van der Waals surface area contributed by atoms with E-state index in [1.807, 2.05) is 6.20 Å². The van der Waals surface area contributed by atoms with E-state index in [9.17, 15) is 0 Å². The van der Waals surface area contributed by atoms with Crippen molar-refractivity contribution in [2.45, 2.75) is 58.8 Å². The molecule has 146 valence electrons. The number of aryl methyl sites for hydroxylation is 2. The molecular weight excluding hydrogens is 464 g/mol. The highest BCUT2D eigenvalue weighted by molar-refractivity contribution is 9.10. The van der Waals surface area contributed by atoms with Crippen LogP contribution in [0.1, 0.15) is 67.0 Å². The number of benzene rings is 1. The smallest absolute Gasteiger partial charge is 0.0514 e. The van der Waals surface area contributed by atoms with Gasteiger partial charge in [-0.1, -0.05) is 48.3 Å². The van der Waals surface area contributed by atoms with Crippen LogP contribution in [0.3, 0.4) is 0 Å². The van der Waals surface area contributed by atoms with Crippen LogP contribution in [-0.2, 0) is 12.8 Å². The van der Waals surface area contributed by atoms with E-state index in [4.69, 9.17) is 4.98 Å². The van der Waals surface area contributed by atoms with E-state index in [2.05, 4.69) is 76.1 Å². The molecule has 1 aliphatic heterocycles. The molecule has 27 heavy (non-hydrogen) atoms. The van der Waals surface area contributed by atoms with Crippen molar-refractivity contribution in [2.75, 3.05) is 13.1 Å². The Kier molecular flexibility index (Phi) is 7.52. The first kappa shape index (κ1) is 21.0. The van der Waals surface area contributed by atoms with Gasteiger partial charge >= 0.3 is 0 Å². The molecule has 1 fully saturated rings. The quantitative estimate of drug-likeness (QED) is 0.486. The Hall–Kier alpha value is -0.710. The van der Waals surface area contributed by atoms with Crippen molar-refractivity contribution >= 4 is 31.9 Å². The van der Waals surface area contributed by atoms with Gasteiger partial charge in [0.15, 0.2) is 0 Å². The maximum absolute atomic E-state index is 4.90. The van der Waals surface area contributed by atoms with Crippen LogP contribution in [0.2, 0.25) is 0 Å². The van der Waals surface area contributed by atoms with Gasteiger partial charge < -0.3 is 5.32 Å². The molecule has 1 atom stereocenters. The maximum atomic E-state index is 4.90. The molecule has 0 bridgehead atoms. The molecule has 0 amide bonds. The van der Waals surface area contributed by atoms with E-state index in [-0.39, 0.29) is 0 Å². The summed E-state index contributed by atoms with van der Waals surface area (Å²) in [7, 11) is 0. The van der Waals surface area contributed by atoms with Crippen LogP contribution in [0.5, 0.6) is 0 Å². The lowest BCUT2D eigenvalue weighted by Crippen LogP contribution is -2.32. The lowest BCUT2D eigenvalue weighted by molar-refractivity contribution is 0.338. The molecule has 1 saturated heterocycles. The van der Waals surface area contributed by atoms with Gasteiger partial charge in [-0.15, -0.1) is 0 Å². The number of nitrogens with zero attached hydrogens (tertiary/aromatic N) is 1. The number of piperidine rings is 1. The summed E-state index contributed by atoms with van der Waals surface area (Å²) in [5.41, 5.74) is 7.03. The van der Waals surface area contributed by atoms with Crippen molar-refractivity contribution in [3.8, 4) is 0 Å². The van der Waals surface area contributed by atoms with Crippen molar-refractivity contribution in [3.63, 3.8) is 0 Å². The summed E-state index contributed by atoms with van der Waals surface area (Å²) < 4.78 is 2.39. The number of fused-ring (bicyclic) bond motifs is 2. The van der Waals surface area contributed by atoms with Gasteiger partial charge in [0.1, 0.15) is 0 Å². The molecule has 1 unspecified atom stereocenters. The van der Waals surface area contributed by atoms with Gasteiger partial charge in [0, 0.05) is 21.1 Å². The van der Waals surface area contributed by atoms with E-state index < -0.39 is 0 Å². The number of rotatable bonds is 1. The van der Waals surface area contributed by atoms with Gasteiger partial charge in [-0.05, 0) is 95.9 Å². The predicted molar refractivity (Wildman–Crippen MR) is 122 cm³/mol. The van der Waals surface area contributed by atoms with Gasteiger partial charge in [-0.3, -0.25) is 4.98 Å². The summed E-state index contributed by atoms with van der Waals surface area (Å²) in [6.45, 7) is 8.68. The summed E-state index contributed by atoms with van der Waals surface area (Å²) in [4.78, 5) is 4.90. The molecular formula is C23H30Br2N2. The van der Waals surface area contributed by atoms with Crippen molar-refractivity contribution in [1.29, 1.82) is 0 Å². The zero-order chi connectivity index (χ0) is 19.4. The normalized spacial score (nSPS) is 19.4. The topological polar surface area (TPSA) is 24.9 Å². The fourth-order valence-corrected chi connectivity index (χ4v) is 5.27. The highest BCUT2D eigenvalue weighted by Crippen LogP contribution is 2.44. The second kappa shape index (κ2) is 9.67. The highest BCUT2D eigenvalue weighted by atomic mass is 79.9. The van der Waals surface area contributed by atoms with Gasteiger partial charge in [-0.2, -0.15) is 0 Å². The predicted octanol–water partition coefficient (Wildman–Crippen LogP) is 6.56. The number of pyridine rings is 1. The Bertz CT molecular complexity index is 782. The molecule has 0 spiro atoms. The molecule has 4 rings (SSSR count). The van der Waals surface area contributed by atoms with E-state index in [1.165, 1.54) is 51.7 Å². The minimum atomic E-state index is 0.421. The Morgan fingerprint density at radius 2 is 1.81 bits per heavy atom. The standard InChI is InChI=1S/C20H22Br2N2.C3H8/c1-12-2-4-16-17(19(12)22)5-3-14-10-15(21)11-24-20(14)18(16)13-6-8-23-9-7-13;1-3-2/h2,4,10-11,13,18,23H,3,5-9H2,1H3;3H2,1-2H3. The molecule has 2 heterocycles. The maximum Gasteiger partial charge on any atom is 0.0514 e. The summed E-state index contributed by atoms with van der Waals surface area (Å²) in [6, 6.07) is 6.91. The molecule has 1 aliphatic carbocycles. The van der Waals surface area contributed by atoms with Crippen molar-refractivity contribution in [2.24, 2.45) is 5.92 Å². The summed E-state index contributed by atoms with van der Waals surface area (Å²) in [5.74, 6) is 1.09. The third-order valence-corrected chi connectivity index (χ3v) is 7.11. The fourth-order valence-electron chi connectivity index (χ4n) is 4.33. The van der Waals surface area contributed by atoms with E-state index in [0.717, 1.165) is 30.4 Å². The average molecular weight is 494 g/mol. The molecule has 0 radical (unpaired) electrons. The van der Waals surface area contributed by atoms with Crippen LogP contribution < -0.4 is 5.32 Å². The number of hydrogen-bond donors (Lipinski definition) is 1. The summed E-state index contributed by atoms with van der Waals surface area (Å²) in [5, 5.41) is 3.51. The van der Waals surface area contributed by atoms with E-state index in [1.54, 1.807) is 0 Å². The van der Waals surface area contributed by atoms with E-state index in [0.29, 0.717) is 11.8 Å². The number of aromatic nitrogens is 1. The number of nitrogens with one attached hydrogen (secondary N) is 1. The SMILES string of the molecule is CCC.Cc1ccc2c(c1Br)CCc1cc(Br)cnc1C2C1CCNCC1. The minimum Gasteiger partial charge on any atom is -0.317 e. The largest absolute Gasteiger partial charge is 0.317 e. The number of halogens is 2. The van der Waals surface area contributed by atoms with Gasteiger partial charge in [0.2, 0.25) is 0 Å². The van der Waals surface area contributed by atoms with Crippen molar-refractivity contribution < 1.29 is 0 Å². The fraction of sp³-hybridized carbons (Fsp3) is 0.522. The van der Waals surface area contributed by atoms with Crippen LogP contribution in [0.15, 0.2) is 33.3 Å². The molecule has 0 saturated carbocycles. The Morgan fingerprint density at radius 1 is 1.11 bits per heavy atom. The Morgan fingerprint density at radius 3 is 2.52 bits per heavy atom. The molecule has 1 aromatic carbocycles. The van der Waals surface area contributed by atoms with Crippen LogP contribution in [0.25, 0.3) is 0 Å². The lowest BCUT2D eigenvalue weighted by atomic mass is 9.76. The third-order valence-electron chi connectivity index (χ3n) is 5.57. The highest BCUT2D eigenvalue weighted by Gasteiger charge is 2.33. The Balaban J connectivity index is 0.000000659. The van der Waals surface area contributed by atoms with Gasteiger partial charge in [-0.25, -0.2) is 0 Å².